The van der Waals surface area contributed by atoms with Gasteiger partial charge in [-0.3, -0.25) is 0 Å². The lowest BCUT2D eigenvalue weighted by molar-refractivity contribution is 0.328. The molecule has 1 aromatic rings. The summed E-state index contributed by atoms with van der Waals surface area (Å²) in [6, 6.07) is 2.47. The molecule has 0 saturated carbocycles. The van der Waals surface area contributed by atoms with Crippen LogP contribution in [0, 0.1) is 5.41 Å². The van der Waals surface area contributed by atoms with Gasteiger partial charge in [-0.15, -0.1) is 0 Å². The second-order valence-electron chi connectivity index (χ2n) is 6.07. The molecule has 0 aliphatic carbocycles. The van der Waals surface area contributed by atoms with Crippen LogP contribution in [0.25, 0.3) is 0 Å². The van der Waals surface area contributed by atoms with Crippen molar-refractivity contribution in [1.29, 1.82) is 0 Å². The fraction of sp³-hybridized carbons (Fsp3) is 0.667. The maximum Gasteiger partial charge on any atom is 0.128 e. The van der Waals surface area contributed by atoms with Crippen molar-refractivity contribution in [2.24, 2.45) is 5.41 Å². The summed E-state index contributed by atoms with van der Waals surface area (Å²) in [6.07, 6.45) is 1.75. The fourth-order valence-electron chi connectivity index (χ4n) is 1.84. The van der Waals surface area contributed by atoms with Crippen molar-refractivity contribution in [3.8, 4) is 0 Å². The summed E-state index contributed by atoms with van der Waals surface area (Å²) in [5.41, 5.74) is 1.30. The van der Waals surface area contributed by atoms with E-state index >= 15 is 0 Å². The molecule has 1 unspecified atom stereocenters. The van der Waals surface area contributed by atoms with Gasteiger partial charge in [-0.2, -0.15) is 0 Å². The molecular weight excluding hydrogens is 258 g/mol. The molecule has 108 valence electrons. The first kappa shape index (κ1) is 16.3. The number of nitrogens with one attached hydrogen (secondary N) is 1. The molecule has 0 saturated heterocycles. The third-order valence-electron chi connectivity index (χ3n) is 3.68. The van der Waals surface area contributed by atoms with Crippen LogP contribution in [-0.2, 0) is 6.54 Å². The minimum atomic E-state index is 0.206. The van der Waals surface area contributed by atoms with E-state index in [2.05, 4.69) is 62.9 Å². The van der Waals surface area contributed by atoms with Crippen LogP contribution in [0.5, 0.6) is 0 Å². The monoisotopic (exact) mass is 283 g/mol. The van der Waals surface area contributed by atoms with E-state index in [1.807, 2.05) is 0 Å². The molecule has 3 nitrogen and oxygen atoms in total. The van der Waals surface area contributed by atoms with Gasteiger partial charge >= 0.3 is 0 Å². The Morgan fingerprint density at radius 3 is 2.58 bits per heavy atom. The number of halogens is 1. The summed E-state index contributed by atoms with van der Waals surface area (Å²) in [6.45, 7) is 12.7. The number of hydrogen-bond donors (Lipinski definition) is 1. The van der Waals surface area contributed by atoms with Gasteiger partial charge in [-0.25, -0.2) is 4.98 Å². The summed E-state index contributed by atoms with van der Waals surface area (Å²) in [7, 11) is 2.09. The van der Waals surface area contributed by atoms with E-state index in [1.54, 1.807) is 6.20 Å². The zero-order chi connectivity index (χ0) is 14.6. The Labute approximate surface area is 122 Å². The first-order valence-corrected chi connectivity index (χ1v) is 7.23. The molecule has 19 heavy (non-hydrogen) atoms. The van der Waals surface area contributed by atoms with E-state index in [0.717, 1.165) is 29.5 Å². The molecule has 1 N–H and O–H groups in total. The second-order valence-corrected chi connectivity index (χ2v) is 6.47. The Hall–Kier alpha value is -0.800. The molecule has 0 aliphatic heterocycles. The Bertz CT molecular complexity index is 412. The zero-order valence-electron chi connectivity index (χ0n) is 12.9. The van der Waals surface area contributed by atoms with Crippen molar-refractivity contribution in [2.75, 3.05) is 18.5 Å². The van der Waals surface area contributed by atoms with Crippen molar-refractivity contribution >= 4 is 17.4 Å². The van der Waals surface area contributed by atoms with Crippen LogP contribution in [0.2, 0.25) is 5.02 Å². The van der Waals surface area contributed by atoms with Gasteiger partial charge in [0.1, 0.15) is 5.82 Å². The van der Waals surface area contributed by atoms with Gasteiger partial charge in [-0.1, -0.05) is 39.3 Å². The molecule has 0 amide bonds. The Morgan fingerprint density at radius 1 is 1.42 bits per heavy atom. The minimum Gasteiger partial charge on any atom is -0.356 e. The maximum absolute atomic E-state index is 6.19. The molecule has 1 atom stereocenters. The van der Waals surface area contributed by atoms with Crippen molar-refractivity contribution < 1.29 is 0 Å². The van der Waals surface area contributed by atoms with Crippen LogP contribution < -0.4 is 10.2 Å². The molecule has 1 aromatic heterocycles. The molecule has 0 aromatic carbocycles. The van der Waals surface area contributed by atoms with Gasteiger partial charge in [0.05, 0.1) is 5.02 Å². The van der Waals surface area contributed by atoms with Gasteiger partial charge in [0.25, 0.3) is 0 Å². The number of rotatable bonds is 5. The van der Waals surface area contributed by atoms with Gasteiger partial charge < -0.3 is 10.2 Å². The Morgan fingerprint density at radius 2 is 2.05 bits per heavy atom. The molecule has 0 aliphatic rings. The topological polar surface area (TPSA) is 28.2 Å². The quantitative estimate of drug-likeness (QED) is 0.893. The number of anilines is 1. The van der Waals surface area contributed by atoms with Crippen molar-refractivity contribution in [1.82, 2.24) is 10.3 Å². The summed E-state index contributed by atoms with van der Waals surface area (Å²) in [5.74, 6) is 0.972. The highest BCUT2D eigenvalue weighted by atomic mass is 35.5. The average molecular weight is 284 g/mol. The van der Waals surface area contributed by atoms with E-state index in [0.29, 0.717) is 6.04 Å². The van der Waals surface area contributed by atoms with E-state index in [-0.39, 0.29) is 5.41 Å². The van der Waals surface area contributed by atoms with Crippen molar-refractivity contribution in [3.05, 3.63) is 22.8 Å². The van der Waals surface area contributed by atoms with Crippen LogP contribution in [-0.4, -0.2) is 24.6 Å². The normalized spacial score (nSPS) is 13.4. The Balaban J connectivity index is 2.95. The third kappa shape index (κ3) is 4.36. The van der Waals surface area contributed by atoms with Crippen molar-refractivity contribution in [2.45, 2.75) is 47.2 Å². The summed E-state index contributed by atoms with van der Waals surface area (Å²) in [5, 5.41) is 4.02. The molecule has 0 bridgehead atoms. The van der Waals surface area contributed by atoms with E-state index in [4.69, 9.17) is 11.6 Å². The fourth-order valence-corrected chi connectivity index (χ4v) is 2.01. The van der Waals surface area contributed by atoms with Crippen molar-refractivity contribution in [3.63, 3.8) is 0 Å². The lowest BCUT2D eigenvalue weighted by atomic mass is 9.87. The average Bonchev–Trinajstić information content (AvgIpc) is 2.35. The predicted molar refractivity (Wildman–Crippen MR) is 83.9 cm³/mol. The molecule has 0 spiro atoms. The molecule has 1 heterocycles. The maximum atomic E-state index is 6.19. The van der Waals surface area contributed by atoms with Gasteiger partial charge in [0.2, 0.25) is 0 Å². The van der Waals surface area contributed by atoms with Crippen LogP contribution in [0.1, 0.15) is 40.2 Å². The van der Waals surface area contributed by atoms with Gasteiger partial charge in [0.15, 0.2) is 0 Å². The highest BCUT2D eigenvalue weighted by molar-refractivity contribution is 6.31. The molecule has 1 rings (SSSR count). The summed E-state index contributed by atoms with van der Waals surface area (Å²) < 4.78 is 0. The van der Waals surface area contributed by atoms with E-state index < -0.39 is 0 Å². The highest BCUT2D eigenvalue weighted by Gasteiger charge is 2.25. The van der Waals surface area contributed by atoms with E-state index in [9.17, 15) is 0 Å². The first-order valence-electron chi connectivity index (χ1n) is 6.85. The van der Waals surface area contributed by atoms with Gasteiger partial charge in [-0.05, 0) is 30.5 Å². The SMILES string of the molecule is CCNCc1cc(N(C)C(C)C(C)(C)C)ncc1Cl. The van der Waals surface area contributed by atoms with Crippen LogP contribution >= 0.6 is 11.6 Å². The Kier molecular flexibility index (Phi) is 5.63. The highest BCUT2D eigenvalue weighted by Crippen LogP contribution is 2.28. The third-order valence-corrected chi connectivity index (χ3v) is 4.02. The largest absolute Gasteiger partial charge is 0.356 e. The molecule has 0 fully saturated rings. The van der Waals surface area contributed by atoms with Crippen LogP contribution in [0.15, 0.2) is 12.3 Å². The second kappa shape index (κ2) is 6.58. The number of pyridine rings is 1. The smallest absolute Gasteiger partial charge is 0.128 e. The predicted octanol–water partition coefficient (Wildman–Crippen LogP) is 3.72. The number of aromatic nitrogens is 1. The van der Waals surface area contributed by atoms with E-state index in [1.165, 1.54) is 0 Å². The van der Waals surface area contributed by atoms with Crippen LogP contribution in [0.3, 0.4) is 0 Å². The number of nitrogens with zero attached hydrogens (tertiary/aromatic N) is 2. The summed E-state index contributed by atoms with van der Waals surface area (Å²) in [4.78, 5) is 6.66. The molecule has 0 radical (unpaired) electrons. The number of hydrogen-bond acceptors (Lipinski definition) is 3. The lowest BCUT2D eigenvalue weighted by Crippen LogP contribution is -2.39. The van der Waals surface area contributed by atoms with Gasteiger partial charge in [0, 0.05) is 25.8 Å². The van der Waals surface area contributed by atoms with Crippen LogP contribution in [0.4, 0.5) is 5.82 Å². The minimum absolute atomic E-state index is 0.206. The first-order chi connectivity index (χ1) is 8.77. The summed E-state index contributed by atoms with van der Waals surface area (Å²) >= 11 is 6.19. The standard InChI is InChI=1S/C15H26ClN3/c1-7-17-9-12-8-14(18-10-13(12)16)19(6)11(2)15(3,4)5/h8,10-11,17H,7,9H2,1-6H3. The molecule has 4 heteroatoms. The lowest BCUT2D eigenvalue weighted by Gasteiger charge is -2.36. The zero-order valence-corrected chi connectivity index (χ0v) is 13.7. The molecular formula is C15H26ClN3.